The number of carbonyl (C=O) groups is 1. The van der Waals surface area contributed by atoms with Crippen LogP contribution in [0.1, 0.15) is 60.0 Å². The van der Waals surface area contributed by atoms with Crippen molar-refractivity contribution in [3.8, 4) is 11.8 Å². The Bertz CT molecular complexity index is 1040. The van der Waals surface area contributed by atoms with Crippen LogP contribution in [0.3, 0.4) is 0 Å². The monoisotopic (exact) mass is 468 g/mol. The smallest absolute Gasteiger partial charge is 0.428 e. The van der Waals surface area contributed by atoms with E-state index in [0.29, 0.717) is 16.5 Å². The summed E-state index contributed by atoms with van der Waals surface area (Å²) in [6.45, 7) is 6.62. The molecular weight excluding hydrogens is 444 g/mol. The normalized spacial score (nSPS) is 16.4. The highest BCUT2D eigenvalue weighted by atomic mass is 32.1. The average Bonchev–Trinajstić information content (AvgIpc) is 3.09. The summed E-state index contributed by atoms with van der Waals surface area (Å²) >= 11 is 1.35. The molecule has 1 aromatic heterocycles. The van der Waals surface area contributed by atoms with Crippen molar-refractivity contribution in [3.05, 3.63) is 45.8 Å². The summed E-state index contributed by atoms with van der Waals surface area (Å²) in [5.74, 6) is -0.728. The van der Waals surface area contributed by atoms with Gasteiger partial charge in [-0.3, -0.25) is 4.79 Å². The molecule has 0 bridgehead atoms. The largest absolute Gasteiger partial charge is 0.461 e. The van der Waals surface area contributed by atoms with Crippen molar-refractivity contribution in [1.29, 1.82) is 5.26 Å². The predicted octanol–water partition coefficient (Wildman–Crippen LogP) is 6.65. The van der Waals surface area contributed by atoms with Crippen molar-refractivity contribution in [2.75, 3.05) is 5.32 Å². The van der Waals surface area contributed by atoms with Gasteiger partial charge in [-0.2, -0.15) is 22.8 Å². The second kappa shape index (κ2) is 9.10. The minimum absolute atomic E-state index is 0.0483. The molecule has 0 aliphatic heterocycles. The van der Waals surface area contributed by atoms with E-state index in [9.17, 15) is 27.6 Å². The number of alkyl halides is 4. The first-order chi connectivity index (χ1) is 15.0. The van der Waals surface area contributed by atoms with E-state index in [1.165, 1.54) is 23.5 Å². The number of ether oxygens (including phenoxy) is 1. The SMILES string of the molecule is CCC(C)(C)[C@@H]1CCc2c(sc(NC(=O)c3cccc(OC(F)(F)C(F)F)c3)c2C#N)C1. The van der Waals surface area contributed by atoms with Gasteiger partial charge in [-0.15, -0.1) is 11.3 Å². The van der Waals surface area contributed by atoms with Gasteiger partial charge in [-0.25, -0.2) is 0 Å². The zero-order valence-corrected chi connectivity index (χ0v) is 18.8. The molecule has 0 radical (unpaired) electrons. The van der Waals surface area contributed by atoms with E-state index < -0.39 is 24.2 Å². The Morgan fingerprint density at radius 1 is 1.38 bits per heavy atom. The molecule has 32 heavy (non-hydrogen) atoms. The topological polar surface area (TPSA) is 62.1 Å². The first-order valence-electron chi connectivity index (χ1n) is 10.3. The summed E-state index contributed by atoms with van der Waals surface area (Å²) in [5.41, 5.74) is 1.48. The standard InChI is InChI=1S/C23H24F4N2O2S/c1-4-22(2,3)14-8-9-16-17(12-28)20(32-18(16)11-14)29-19(30)13-6-5-7-15(10-13)31-23(26,27)21(24)25/h5-7,10,14,21H,4,8-9,11H2,1-3H3,(H,29,30)/t14-/m1/s1. The van der Waals surface area contributed by atoms with Gasteiger partial charge in [0.2, 0.25) is 0 Å². The number of halogens is 4. The Labute approximate surface area is 188 Å². The second-order valence-corrected chi connectivity index (χ2v) is 9.65. The van der Waals surface area contributed by atoms with E-state index in [0.717, 1.165) is 48.3 Å². The number of benzene rings is 1. The highest BCUT2D eigenvalue weighted by Gasteiger charge is 2.44. The molecule has 1 heterocycles. The molecule has 1 aliphatic carbocycles. The second-order valence-electron chi connectivity index (χ2n) is 8.55. The average molecular weight is 469 g/mol. The van der Waals surface area contributed by atoms with Crippen molar-refractivity contribution in [1.82, 2.24) is 0 Å². The number of amides is 1. The minimum Gasteiger partial charge on any atom is -0.428 e. The number of hydrogen-bond acceptors (Lipinski definition) is 4. The molecule has 0 spiro atoms. The van der Waals surface area contributed by atoms with Gasteiger partial charge in [0.15, 0.2) is 0 Å². The Balaban J connectivity index is 1.81. The van der Waals surface area contributed by atoms with Gasteiger partial charge in [-0.05, 0) is 54.4 Å². The van der Waals surface area contributed by atoms with Gasteiger partial charge in [0.25, 0.3) is 5.91 Å². The van der Waals surface area contributed by atoms with E-state index in [-0.39, 0.29) is 11.0 Å². The lowest BCUT2D eigenvalue weighted by molar-refractivity contribution is -0.253. The number of anilines is 1. The Morgan fingerprint density at radius 2 is 2.09 bits per heavy atom. The number of carbonyl (C=O) groups excluding carboxylic acids is 1. The maximum Gasteiger partial charge on any atom is 0.461 e. The van der Waals surface area contributed by atoms with Crippen LogP contribution in [-0.2, 0) is 12.8 Å². The van der Waals surface area contributed by atoms with E-state index >= 15 is 0 Å². The molecule has 1 aliphatic rings. The number of thiophene rings is 1. The number of rotatable bonds is 7. The van der Waals surface area contributed by atoms with Crippen LogP contribution in [0.25, 0.3) is 0 Å². The van der Waals surface area contributed by atoms with E-state index in [1.54, 1.807) is 0 Å². The molecule has 4 nitrogen and oxygen atoms in total. The van der Waals surface area contributed by atoms with Gasteiger partial charge in [0.1, 0.15) is 16.8 Å². The quantitative estimate of drug-likeness (QED) is 0.463. The molecule has 0 fully saturated rings. The Morgan fingerprint density at radius 3 is 2.72 bits per heavy atom. The highest BCUT2D eigenvalue weighted by Crippen LogP contribution is 2.45. The van der Waals surface area contributed by atoms with E-state index in [2.05, 4.69) is 36.9 Å². The summed E-state index contributed by atoms with van der Waals surface area (Å²) in [6.07, 6.45) is -5.08. The summed E-state index contributed by atoms with van der Waals surface area (Å²) in [6, 6.07) is 6.80. The summed E-state index contributed by atoms with van der Waals surface area (Å²) < 4.78 is 55.2. The molecule has 1 N–H and O–H groups in total. The third-order valence-corrected chi connectivity index (χ3v) is 7.39. The number of nitrogens with one attached hydrogen (secondary N) is 1. The van der Waals surface area contributed by atoms with Crippen molar-refractivity contribution in [3.63, 3.8) is 0 Å². The van der Waals surface area contributed by atoms with Crippen molar-refractivity contribution < 1.29 is 27.1 Å². The number of nitriles is 1. The molecule has 0 saturated heterocycles. The fraction of sp³-hybridized carbons (Fsp3) is 0.478. The summed E-state index contributed by atoms with van der Waals surface area (Å²) in [4.78, 5) is 13.8. The molecular formula is C23H24F4N2O2S. The van der Waals surface area contributed by atoms with Gasteiger partial charge in [-0.1, -0.05) is 33.3 Å². The van der Waals surface area contributed by atoms with Gasteiger partial charge >= 0.3 is 12.5 Å². The first-order valence-corrected chi connectivity index (χ1v) is 11.1. The zero-order chi connectivity index (χ0) is 23.7. The Kier molecular flexibility index (Phi) is 6.84. The van der Waals surface area contributed by atoms with Crippen molar-refractivity contribution in [2.45, 2.75) is 59.0 Å². The molecule has 1 atom stereocenters. The maximum atomic E-state index is 13.2. The summed E-state index contributed by atoms with van der Waals surface area (Å²) in [7, 11) is 0. The molecule has 9 heteroatoms. The lowest BCUT2D eigenvalue weighted by Gasteiger charge is -2.36. The molecule has 1 amide bonds. The van der Waals surface area contributed by atoms with Crippen LogP contribution in [0, 0.1) is 22.7 Å². The van der Waals surface area contributed by atoms with Gasteiger partial charge < -0.3 is 10.1 Å². The lowest BCUT2D eigenvalue weighted by atomic mass is 9.69. The molecule has 0 saturated carbocycles. The van der Waals surface area contributed by atoms with Gasteiger partial charge in [0.05, 0.1) is 5.56 Å². The number of nitrogens with zero attached hydrogens (tertiary/aromatic N) is 1. The van der Waals surface area contributed by atoms with Crippen LogP contribution >= 0.6 is 11.3 Å². The zero-order valence-electron chi connectivity index (χ0n) is 18.0. The molecule has 172 valence electrons. The van der Waals surface area contributed by atoms with E-state index in [1.807, 2.05) is 0 Å². The summed E-state index contributed by atoms with van der Waals surface area (Å²) in [5, 5.41) is 12.8. The lowest BCUT2D eigenvalue weighted by Crippen LogP contribution is -2.33. The van der Waals surface area contributed by atoms with Crippen LogP contribution < -0.4 is 10.1 Å². The molecule has 3 rings (SSSR count). The number of fused-ring (bicyclic) bond motifs is 1. The van der Waals surface area contributed by atoms with E-state index in [4.69, 9.17) is 0 Å². The third-order valence-electron chi connectivity index (χ3n) is 6.22. The minimum atomic E-state index is -4.67. The first kappa shape index (κ1) is 24.1. The van der Waals surface area contributed by atoms with Crippen molar-refractivity contribution >= 4 is 22.2 Å². The van der Waals surface area contributed by atoms with Crippen LogP contribution in [-0.4, -0.2) is 18.4 Å². The van der Waals surface area contributed by atoms with Crippen LogP contribution in [0.4, 0.5) is 22.6 Å². The fourth-order valence-electron chi connectivity index (χ4n) is 3.83. The maximum absolute atomic E-state index is 13.2. The van der Waals surface area contributed by atoms with Crippen LogP contribution in [0.5, 0.6) is 5.75 Å². The van der Waals surface area contributed by atoms with Gasteiger partial charge in [0, 0.05) is 10.4 Å². The molecule has 1 aromatic carbocycles. The van der Waals surface area contributed by atoms with Crippen LogP contribution in [0.2, 0.25) is 0 Å². The Hall–Kier alpha value is -2.60. The highest BCUT2D eigenvalue weighted by molar-refractivity contribution is 7.16. The third kappa shape index (κ3) is 4.90. The fourth-order valence-corrected chi connectivity index (χ4v) is 5.10. The van der Waals surface area contributed by atoms with Crippen LogP contribution in [0.15, 0.2) is 24.3 Å². The predicted molar refractivity (Wildman–Crippen MR) is 115 cm³/mol. The molecule has 0 unspecified atom stereocenters. The van der Waals surface area contributed by atoms with Crippen molar-refractivity contribution in [2.24, 2.45) is 11.3 Å². The number of hydrogen-bond donors (Lipinski definition) is 1. The molecule has 2 aromatic rings.